The largest absolute Gasteiger partial charge is 0.393 e. The van der Waals surface area contributed by atoms with Crippen LogP contribution in [-0.2, 0) is 0 Å². The standard InChI is InChI=1S/C16H31N3O2/c1-13(12-19-9-3-2-4-10-19)11-17-16(21)18-14-5-7-15(20)8-6-14/h13-15,20H,2-12H2,1H3,(H2,17,18,21). The van der Waals surface area contributed by atoms with Gasteiger partial charge in [0.15, 0.2) is 0 Å². The number of aliphatic hydroxyl groups is 1. The molecule has 0 radical (unpaired) electrons. The number of carbonyl (C=O) groups is 1. The van der Waals surface area contributed by atoms with Gasteiger partial charge in [-0.05, 0) is 57.5 Å². The lowest BCUT2D eigenvalue weighted by Crippen LogP contribution is -2.46. The van der Waals surface area contributed by atoms with E-state index in [2.05, 4.69) is 22.5 Å². The maximum Gasteiger partial charge on any atom is 0.315 e. The van der Waals surface area contributed by atoms with Gasteiger partial charge in [0.05, 0.1) is 6.10 Å². The summed E-state index contributed by atoms with van der Waals surface area (Å²) in [6.07, 6.45) is 7.20. The smallest absolute Gasteiger partial charge is 0.315 e. The van der Waals surface area contributed by atoms with Crippen molar-refractivity contribution in [2.45, 2.75) is 64.0 Å². The Labute approximate surface area is 128 Å². The van der Waals surface area contributed by atoms with E-state index in [-0.39, 0.29) is 18.2 Å². The molecule has 0 bridgehead atoms. The lowest BCUT2D eigenvalue weighted by Gasteiger charge is -2.29. The van der Waals surface area contributed by atoms with Gasteiger partial charge in [-0.15, -0.1) is 0 Å². The van der Waals surface area contributed by atoms with Crippen LogP contribution in [0.5, 0.6) is 0 Å². The van der Waals surface area contributed by atoms with Crippen LogP contribution in [0.3, 0.4) is 0 Å². The van der Waals surface area contributed by atoms with E-state index in [4.69, 9.17) is 0 Å². The number of piperidine rings is 1. The number of likely N-dealkylation sites (tertiary alicyclic amines) is 1. The third-order valence-corrected chi connectivity index (χ3v) is 4.66. The summed E-state index contributed by atoms with van der Waals surface area (Å²) in [5.74, 6) is 0.488. The zero-order chi connectivity index (χ0) is 15.1. The average Bonchev–Trinajstić information content (AvgIpc) is 2.49. The van der Waals surface area contributed by atoms with E-state index in [1.807, 2.05) is 0 Å². The third-order valence-electron chi connectivity index (χ3n) is 4.66. The Hall–Kier alpha value is -0.810. The van der Waals surface area contributed by atoms with Crippen LogP contribution in [-0.4, -0.2) is 54.4 Å². The fourth-order valence-electron chi connectivity index (χ4n) is 3.37. The van der Waals surface area contributed by atoms with Crippen LogP contribution in [0.2, 0.25) is 0 Å². The summed E-state index contributed by atoms with van der Waals surface area (Å²) in [6.45, 7) is 6.43. The van der Waals surface area contributed by atoms with Crippen LogP contribution >= 0.6 is 0 Å². The van der Waals surface area contributed by atoms with E-state index in [0.717, 1.165) is 38.8 Å². The van der Waals surface area contributed by atoms with Crippen molar-refractivity contribution in [3.63, 3.8) is 0 Å². The normalized spacial score (nSPS) is 28.9. The molecule has 5 heteroatoms. The van der Waals surface area contributed by atoms with Gasteiger partial charge in [0, 0.05) is 19.1 Å². The van der Waals surface area contributed by atoms with Crippen LogP contribution in [0.15, 0.2) is 0 Å². The quantitative estimate of drug-likeness (QED) is 0.724. The molecule has 122 valence electrons. The highest BCUT2D eigenvalue weighted by Gasteiger charge is 2.21. The van der Waals surface area contributed by atoms with E-state index in [0.29, 0.717) is 5.92 Å². The van der Waals surface area contributed by atoms with Gasteiger partial charge in [-0.3, -0.25) is 0 Å². The van der Waals surface area contributed by atoms with Crippen LogP contribution in [0.1, 0.15) is 51.9 Å². The maximum absolute atomic E-state index is 11.9. The average molecular weight is 297 g/mol. The minimum Gasteiger partial charge on any atom is -0.393 e. The van der Waals surface area contributed by atoms with Crippen LogP contribution < -0.4 is 10.6 Å². The first-order valence-corrected chi connectivity index (χ1v) is 8.58. The molecule has 1 aliphatic heterocycles. The predicted molar refractivity (Wildman–Crippen MR) is 84.3 cm³/mol. The van der Waals surface area contributed by atoms with Crippen molar-refractivity contribution in [3.05, 3.63) is 0 Å². The summed E-state index contributed by atoms with van der Waals surface area (Å²) >= 11 is 0. The number of hydrogen-bond donors (Lipinski definition) is 3. The number of aliphatic hydroxyl groups excluding tert-OH is 1. The molecule has 0 aromatic rings. The molecule has 2 amide bonds. The molecule has 5 nitrogen and oxygen atoms in total. The SMILES string of the molecule is CC(CNC(=O)NC1CCC(O)CC1)CN1CCCCC1. The number of hydrogen-bond acceptors (Lipinski definition) is 3. The van der Waals surface area contributed by atoms with Gasteiger partial charge in [-0.2, -0.15) is 0 Å². The molecule has 2 fully saturated rings. The fraction of sp³-hybridized carbons (Fsp3) is 0.938. The van der Waals surface area contributed by atoms with Gasteiger partial charge >= 0.3 is 6.03 Å². The number of nitrogens with one attached hydrogen (secondary N) is 2. The summed E-state index contributed by atoms with van der Waals surface area (Å²) in [6, 6.07) is 0.174. The van der Waals surface area contributed by atoms with Gasteiger partial charge < -0.3 is 20.6 Å². The van der Waals surface area contributed by atoms with E-state index in [1.165, 1.54) is 32.4 Å². The van der Waals surface area contributed by atoms with Crippen molar-refractivity contribution < 1.29 is 9.90 Å². The monoisotopic (exact) mass is 297 g/mol. The lowest BCUT2D eigenvalue weighted by molar-refractivity contribution is 0.117. The minimum absolute atomic E-state index is 0.0538. The van der Waals surface area contributed by atoms with Crippen LogP contribution in [0.4, 0.5) is 4.79 Å². The molecule has 3 N–H and O–H groups in total. The van der Waals surface area contributed by atoms with E-state index >= 15 is 0 Å². The topological polar surface area (TPSA) is 64.6 Å². The van der Waals surface area contributed by atoms with Crippen molar-refractivity contribution in [1.82, 2.24) is 15.5 Å². The molecule has 1 unspecified atom stereocenters. The molecule has 21 heavy (non-hydrogen) atoms. The number of nitrogens with zero attached hydrogens (tertiary/aromatic N) is 1. The molecule has 2 aliphatic rings. The molecule has 1 aliphatic carbocycles. The molecule has 1 saturated heterocycles. The second kappa shape index (κ2) is 8.59. The summed E-state index contributed by atoms with van der Waals surface area (Å²) in [5, 5.41) is 15.5. The maximum atomic E-state index is 11.9. The first kappa shape index (κ1) is 16.6. The number of urea groups is 1. The highest BCUT2D eigenvalue weighted by Crippen LogP contribution is 2.18. The summed E-state index contributed by atoms with van der Waals surface area (Å²) < 4.78 is 0. The highest BCUT2D eigenvalue weighted by molar-refractivity contribution is 5.74. The van der Waals surface area contributed by atoms with E-state index < -0.39 is 0 Å². The zero-order valence-electron chi connectivity index (χ0n) is 13.3. The first-order chi connectivity index (χ1) is 10.1. The van der Waals surface area contributed by atoms with E-state index in [9.17, 15) is 9.90 Å². The number of rotatable bonds is 5. The second-order valence-corrected chi connectivity index (χ2v) is 6.83. The van der Waals surface area contributed by atoms with E-state index in [1.54, 1.807) is 0 Å². The van der Waals surface area contributed by atoms with Gasteiger partial charge in [0.2, 0.25) is 0 Å². The Kier molecular flexibility index (Phi) is 6.77. The Balaban J connectivity index is 1.57. The second-order valence-electron chi connectivity index (χ2n) is 6.83. The lowest BCUT2D eigenvalue weighted by atomic mass is 9.93. The van der Waals surface area contributed by atoms with Crippen molar-refractivity contribution in [1.29, 1.82) is 0 Å². The fourth-order valence-corrected chi connectivity index (χ4v) is 3.37. The van der Waals surface area contributed by atoms with Gasteiger partial charge in [0.1, 0.15) is 0 Å². The highest BCUT2D eigenvalue weighted by atomic mass is 16.3. The molecule has 0 aromatic heterocycles. The van der Waals surface area contributed by atoms with Gasteiger partial charge in [0.25, 0.3) is 0 Å². The number of amides is 2. The van der Waals surface area contributed by atoms with Crippen LogP contribution in [0, 0.1) is 5.92 Å². The summed E-state index contributed by atoms with van der Waals surface area (Å²) in [7, 11) is 0. The molecule has 1 atom stereocenters. The molecule has 0 spiro atoms. The molecule has 0 aromatic carbocycles. The van der Waals surface area contributed by atoms with Crippen molar-refractivity contribution in [3.8, 4) is 0 Å². The molecule has 1 heterocycles. The van der Waals surface area contributed by atoms with Crippen LogP contribution in [0.25, 0.3) is 0 Å². The molecular weight excluding hydrogens is 266 g/mol. The zero-order valence-corrected chi connectivity index (χ0v) is 13.3. The first-order valence-electron chi connectivity index (χ1n) is 8.58. The number of carbonyl (C=O) groups excluding carboxylic acids is 1. The summed E-state index contributed by atoms with van der Waals surface area (Å²) in [5.41, 5.74) is 0. The van der Waals surface area contributed by atoms with Gasteiger partial charge in [-0.25, -0.2) is 4.79 Å². The minimum atomic E-state index is -0.171. The van der Waals surface area contributed by atoms with Gasteiger partial charge in [-0.1, -0.05) is 13.3 Å². The Morgan fingerprint density at radius 3 is 2.52 bits per heavy atom. The third kappa shape index (κ3) is 6.22. The Morgan fingerprint density at radius 2 is 1.86 bits per heavy atom. The molecule has 1 saturated carbocycles. The Morgan fingerprint density at radius 1 is 1.19 bits per heavy atom. The molecular formula is C16H31N3O2. The van der Waals surface area contributed by atoms with Crippen molar-refractivity contribution in [2.75, 3.05) is 26.2 Å². The Bertz CT molecular complexity index is 311. The molecule has 2 rings (SSSR count). The van der Waals surface area contributed by atoms with Crippen molar-refractivity contribution >= 4 is 6.03 Å². The summed E-state index contributed by atoms with van der Waals surface area (Å²) in [4.78, 5) is 14.4. The van der Waals surface area contributed by atoms with Crippen molar-refractivity contribution in [2.24, 2.45) is 5.92 Å². The predicted octanol–water partition coefficient (Wildman–Crippen LogP) is 1.71.